The molecule has 0 aliphatic carbocycles. The Balaban J connectivity index is 1.64. The highest BCUT2D eigenvalue weighted by molar-refractivity contribution is 5.76. The van der Waals surface area contributed by atoms with Gasteiger partial charge in [0.1, 0.15) is 5.75 Å². The summed E-state index contributed by atoms with van der Waals surface area (Å²) in [6.07, 6.45) is 6.56. The largest absolute Gasteiger partial charge is 0.497 e. The van der Waals surface area contributed by atoms with Crippen LogP contribution in [0.25, 0.3) is 0 Å². The molecule has 23 heavy (non-hydrogen) atoms. The number of ether oxygens (including phenoxy) is 1. The quantitative estimate of drug-likeness (QED) is 0.801. The minimum atomic E-state index is 0.166. The first kappa shape index (κ1) is 17.8. The van der Waals surface area contributed by atoms with Crippen molar-refractivity contribution in [1.82, 2.24) is 10.2 Å². The lowest BCUT2D eigenvalue weighted by Gasteiger charge is -2.35. The number of rotatable bonds is 8. The van der Waals surface area contributed by atoms with Crippen LogP contribution in [0, 0.1) is 0 Å². The maximum absolute atomic E-state index is 12.0. The number of benzene rings is 1. The van der Waals surface area contributed by atoms with Gasteiger partial charge in [-0.1, -0.05) is 25.5 Å². The standard InChI is InChI=1S/C19H30N2O2/c1-3-17-6-4-5-14-21(17)15-12-19(22)20-13-11-16-7-9-18(23-2)10-8-16/h7-10,17H,3-6,11-15H2,1-2H3,(H,20,22). The van der Waals surface area contributed by atoms with Crippen molar-refractivity contribution in [2.75, 3.05) is 26.7 Å². The van der Waals surface area contributed by atoms with Gasteiger partial charge in [-0.3, -0.25) is 9.69 Å². The van der Waals surface area contributed by atoms with Crippen molar-refractivity contribution in [2.45, 2.75) is 51.5 Å². The average molecular weight is 318 g/mol. The molecule has 1 aliphatic heterocycles. The molecule has 0 bridgehead atoms. The summed E-state index contributed by atoms with van der Waals surface area (Å²) in [7, 11) is 1.67. The molecule has 1 fully saturated rings. The number of amides is 1. The molecule has 1 aliphatic rings. The molecule has 128 valence electrons. The molecule has 1 aromatic carbocycles. The number of hydrogen-bond donors (Lipinski definition) is 1. The van der Waals surface area contributed by atoms with Crippen LogP contribution in [0.1, 0.15) is 44.6 Å². The highest BCUT2D eigenvalue weighted by atomic mass is 16.5. The molecular formula is C19H30N2O2. The van der Waals surface area contributed by atoms with Crippen molar-refractivity contribution >= 4 is 5.91 Å². The summed E-state index contributed by atoms with van der Waals surface area (Å²) in [5, 5.41) is 3.04. The smallest absolute Gasteiger partial charge is 0.221 e. The van der Waals surface area contributed by atoms with E-state index in [1.54, 1.807) is 7.11 Å². The number of carbonyl (C=O) groups is 1. The Bertz CT molecular complexity index is 473. The van der Waals surface area contributed by atoms with Crippen LogP contribution in [0.5, 0.6) is 5.75 Å². The molecule has 1 heterocycles. The van der Waals surface area contributed by atoms with E-state index in [0.717, 1.165) is 25.3 Å². The molecule has 1 aromatic rings. The molecule has 4 heteroatoms. The molecule has 1 amide bonds. The van der Waals surface area contributed by atoms with Gasteiger partial charge in [-0.05, 0) is 49.9 Å². The molecule has 0 radical (unpaired) electrons. The number of methoxy groups -OCH3 is 1. The van der Waals surface area contributed by atoms with Crippen LogP contribution in [0.4, 0.5) is 0 Å². The molecule has 4 nitrogen and oxygen atoms in total. The predicted octanol–water partition coefficient (Wildman–Crippen LogP) is 3.01. The van der Waals surface area contributed by atoms with Crippen LogP contribution < -0.4 is 10.1 Å². The lowest BCUT2D eigenvalue weighted by atomic mass is 10.00. The number of nitrogens with zero attached hydrogens (tertiary/aromatic N) is 1. The lowest BCUT2D eigenvalue weighted by molar-refractivity contribution is -0.121. The first-order valence-electron chi connectivity index (χ1n) is 8.86. The molecule has 1 N–H and O–H groups in total. The summed E-state index contributed by atoms with van der Waals surface area (Å²) in [4.78, 5) is 14.5. The average Bonchev–Trinajstić information content (AvgIpc) is 2.60. The molecule has 0 saturated carbocycles. The van der Waals surface area contributed by atoms with Gasteiger partial charge in [0.05, 0.1) is 7.11 Å². The van der Waals surface area contributed by atoms with Crippen LogP contribution >= 0.6 is 0 Å². The zero-order valence-electron chi connectivity index (χ0n) is 14.5. The molecule has 0 aromatic heterocycles. The maximum Gasteiger partial charge on any atom is 0.221 e. The monoisotopic (exact) mass is 318 g/mol. The van der Waals surface area contributed by atoms with Gasteiger partial charge in [0.25, 0.3) is 0 Å². The second kappa shape index (κ2) is 9.56. The van der Waals surface area contributed by atoms with Crippen molar-refractivity contribution in [3.05, 3.63) is 29.8 Å². The second-order valence-corrected chi connectivity index (χ2v) is 6.29. The van der Waals surface area contributed by atoms with Gasteiger partial charge >= 0.3 is 0 Å². The van der Waals surface area contributed by atoms with Crippen molar-refractivity contribution in [2.24, 2.45) is 0 Å². The Morgan fingerprint density at radius 1 is 1.30 bits per heavy atom. The van der Waals surface area contributed by atoms with E-state index in [-0.39, 0.29) is 5.91 Å². The fourth-order valence-electron chi connectivity index (χ4n) is 3.29. The third-order valence-corrected chi connectivity index (χ3v) is 4.74. The normalized spacial score (nSPS) is 18.6. The van der Waals surface area contributed by atoms with E-state index in [4.69, 9.17) is 4.74 Å². The second-order valence-electron chi connectivity index (χ2n) is 6.29. The summed E-state index contributed by atoms with van der Waals surface area (Å²) in [5.74, 6) is 1.03. The third-order valence-electron chi connectivity index (χ3n) is 4.74. The summed E-state index contributed by atoms with van der Waals surface area (Å²) in [5.41, 5.74) is 1.22. The van der Waals surface area contributed by atoms with Crippen molar-refractivity contribution < 1.29 is 9.53 Å². The van der Waals surface area contributed by atoms with Crippen LogP contribution in [-0.4, -0.2) is 43.6 Å². The van der Waals surface area contributed by atoms with Gasteiger partial charge in [0.2, 0.25) is 5.91 Å². The maximum atomic E-state index is 12.0. The van der Waals surface area contributed by atoms with Crippen LogP contribution in [0.2, 0.25) is 0 Å². The van der Waals surface area contributed by atoms with E-state index >= 15 is 0 Å². The summed E-state index contributed by atoms with van der Waals surface area (Å²) in [6, 6.07) is 8.68. The van der Waals surface area contributed by atoms with Crippen molar-refractivity contribution in [3.63, 3.8) is 0 Å². The highest BCUT2D eigenvalue weighted by Gasteiger charge is 2.20. The fourth-order valence-corrected chi connectivity index (χ4v) is 3.29. The first-order chi connectivity index (χ1) is 11.2. The predicted molar refractivity (Wildman–Crippen MR) is 93.8 cm³/mol. The zero-order valence-corrected chi connectivity index (χ0v) is 14.5. The molecule has 0 spiro atoms. The number of hydrogen-bond acceptors (Lipinski definition) is 3. The Morgan fingerprint density at radius 2 is 2.09 bits per heavy atom. The van der Waals surface area contributed by atoms with Crippen molar-refractivity contribution in [3.8, 4) is 5.75 Å². The van der Waals surface area contributed by atoms with Gasteiger partial charge in [0.15, 0.2) is 0 Å². The molecule has 1 unspecified atom stereocenters. The Morgan fingerprint density at radius 3 is 2.78 bits per heavy atom. The van der Waals surface area contributed by atoms with E-state index < -0.39 is 0 Å². The molecule has 2 rings (SSSR count). The fraction of sp³-hybridized carbons (Fsp3) is 0.632. The third kappa shape index (κ3) is 5.87. The van der Waals surface area contributed by atoms with Gasteiger partial charge in [-0.2, -0.15) is 0 Å². The van der Waals surface area contributed by atoms with E-state index in [9.17, 15) is 4.79 Å². The zero-order chi connectivity index (χ0) is 16.5. The van der Waals surface area contributed by atoms with Gasteiger partial charge in [-0.15, -0.1) is 0 Å². The molecular weight excluding hydrogens is 288 g/mol. The Hall–Kier alpha value is -1.55. The van der Waals surface area contributed by atoms with Gasteiger partial charge in [0, 0.05) is 25.6 Å². The van der Waals surface area contributed by atoms with E-state index in [2.05, 4.69) is 17.1 Å². The van der Waals surface area contributed by atoms with Crippen LogP contribution in [0.3, 0.4) is 0 Å². The van der Waals surface area contributed by atoms with E-state index in [1.807, 2.05) is 24.3 Å². The number of likely N-dealkylation sites (tertiary alicyclic amines) is 1. The number of piperidine rings is 1. The SMILES string of the molecule is CCC1CCCCN1CCC(=O)NCCc1ccc(OC)cc1. The summed E-state index contributed by atoms with van der Waals surface area (Å²) >= 11 is 0. The Labute approximate surface area is 140 Å². The number of carbonyl (C=O) groups excluding carboxylic acids is 1. The summed E-state index contributed by atoms with van der Waals surface area (Å²) in [6.45, 7) is 4.99. The van der Waals surface area contributed by atoms with E-state index in [0.29, 0.717) is 19.0 Å². The van der Waals surface area contributed by atoms with Gasteiger partial charge in [-0.25, -0.2) is 0 Å². The Kier molecular flexibility index (Phi) is 7.40. The van der Waals surface area contributed by atoms with Crippen LogP contribution in [-0.2, 0) is 11.2 Å². The molecule has 1 atom stereocenters. The minimum absolute atomic E-state index is 0.166. The topological polar surface area (TPSA) is 41.6 Å². The van der Waals surface area contributed by atoms with Gasteiger partial charge < -0.3 is 10.1 Å². The van der Waals surface area contributed by atoms with Crippen LogP contribution in [0.15, 0.2) is 24.3 Å². The van der Waals surface area contributed by atoms with Crippen molar-refractivity contribution in [1.29, 1.82) is 0 Å². The minimum Gasteiger partial charge on any atom is -0.497 e. The first-order valence-corrected chi connectivity index (χ1v) is 8.86. The number of nitrogens with one attached hydrogen (secondary N) is 1. The van der Waals surface area contributed by atoms with E-state index in [1.165, 1.54) is 31.2 Å². The summed E-state index contributed by atoms with van der Waals surface area (Å²) < 4.78 is 5.14. The lowest BCUT2D eigenvalue weighted by Crippen LogP contribution is -2.41. The highest BCUT2D eigenvalue weighted by Crippen LogP contribution is 2.19. The molecule has 1 saturated heterocycles.